The first-order valence-electron chi connectivity index (χ1n) is 6.66. The Morgan fingerprint density at radius 1 is 1.35 bits per heavy atom. The minimum absolute atomic E-state index is 0.0212. The normalized spacial score (nSPS) is 13.6. The van der Waals surface area contributed by atoms with Crippen LogP contribution in [0.4, 0.5) is 13.2 Å². The summed E-state index contributed by atoms with van der Waals surface area (Å²) < 4.78 is 67.0. The lowest BCUT2D eigenvalue weighted by atomic mass is 10.1. The molecule has 1 aromatic rings. The molecular formula is C13H16F3NO5S. The Kier molecular flexibility index (Phi) is 6.39. The molecule has 1 unspecified atom stereocenters. The van der Waals surface area contributed by atoms with E-state index >= 15 is 0 Å². The molecule has 1 atom stereocenters. The molecule has 0 heterocycles. The summed E-state index contributed by atoms with van der Waals surface area (Å²) in [6.07, 6.45) is -3.97. The molecule has 0 radical (unpaired) electrons. The topological polar surface area (TPSA) is 92.7 Å². The summed E-state index contributed by atoms with van der Waals surface area (Å²) in [6.45, 7) is 1.79. The SMILES string of the molecule is CCCCC(NS(=O)(=O)c1ccccc1OC(F)(F)F)C(=O)O. The molecule has 1 aromatic carbocycles. The third kappa shape index (κ3) is 6.06. The lowest BCUT2D eigenvalue weighted by Gasteiger charge is -2.17. The van der Waals surface area contributed by atoms with E-state index in [4.69, 9.17) is 5.11 Å². The lowest BCUT2D eigenvalue weighted by molar-refractivity contribution is -0.275. The van der Waals surface area contributed by atoms with E-state index in [1.807, 2.05) is 4.72 Å². The van der Waals surface area contributed by atoms with Crippen molar-refractivity contribution >= 4 is 16.0 Å². The molecule has 6 nitrogen and oxygen atoms in total. The molecule has 0 aliphatic rings. The zero-order chi connectivity index (χ0) is 17.7. The fraction of sp³-hybridized carbons (Fsp3) is 0.462. The number of benzene rings is 1. The maximum absolute atomic E-state index is 12.3. The highest BCUT2D eigenvalue weighted by molar-refractivity contribution is 7.89. The number of alkyl halides is 3. The second kappa shape index (κ2) is 7.64. The van der Waals surface area contributed by atoms with Gasteiger partial charge in [-0.05, 0) is 18.6 Å². The molecule has 0 saturated heterocycles. The molecule has 0 amide bonds. The predicted octanol–water partition coefficient (Wildman–Crippen LogP) is 2.51. The standard InChI is InChI=1S/C13H16F3NO5S/c1-2-3-6-9(12(18)19)17-23(20,21)11-8-5-4-7-10(11)22-13(14,15)16/h4-5,7-9,17H,2-3,6H2,1H3,(H,18,19). The average Bonchev–Trinajstić information content (AvgIpc) is 2.41. The average molecular weight is 355 g/mol. The number of nitrogens with one attached hydrogen (secondary N) is 1. The van der Waals surface area contributed by atoms with Crippen molar-refractivity contribution < 1.29 is 36.2 Å². The molecule has 0 saturated carbocycles. The number of halogens is 3. The van der Waals surface area contributed by atoms with Crippen molar-refractivity contribution in [3.63, 3.8) is 0 Å². The summed E-state index contributed by atoms with van der Waals surface area (Å²) in [5, 5.41) is 9.03. The van der Waals surface area contributed by atoms with Crippen molar-refractivity contribution in [2.45, 2.75) is 43.5 Å². The number of carbonyl (C=O) groups is 1. The molecule has 130 valence electrons. The molecule has 0 aliphatic heterocycles. The number of rotatable bonds is 8. The van der Waals surface area contributed by atoms with Gasteiger partial charge in [0.15, 0.2) is 0 Å². The Hall–Kier alpha value is -1.81. The highest BCUT2D eigenvalue weighted by Crippen LogP contribution is 2.29. The Morgan fingerprint density at radius 2 is 1.96 bits per heavy atom. The Morgan fingerprint density at radius 3 is 2.48 bits per heavy atom. The van der Waals surface area contributed by atoms with Gasteiger partial charge in [0, 0.05) is 0 Å². The monoisotopic (exact) mass is 355 g/mol. The Bertz CT molecular complexity index is 645. The van der Waals surface area contributed by atoms with E-state index in [1.165, 1.54) is 12.1 Å². The number of hydrogen-bond donors (Lipinski definition) is 2. The number of aliphatic carboxylic acids is 1. The minimum Gasteiger partial charge on any atom is -0.480 e. The van der Waals surface area contributed by atoms with E-state index in [2.05, 4.69) is 4.74 Å². The Labute approximate surface area is 131 Å². The van der Waals surface area contributed by atoms with Crippen molar-refractivity contribution in [2.75, 3.05) is 0 Å². The van der Waals surface area contributed by atoms with Crippen LogP contribution in [0.2, 0.25) is 0 Å². The van der Waals surface area contributed by atoms with Crippen molar-refractivity contribution in [1.29, 1.82) is 0 Å². The van der Waals surface area contributed by atoms with Gasteiger partial charge in [0.05, 0.1) is 0 Å². The van der Waals surface area contributed by atoms with Gasteiger partial charge in [-0.15, -0.1) is 13.2 Å². The van der Waals surface area contributed by atoms with Crippen molar-refractivity contribution in [3.05, 3.63) is 24.3 Å². The van der Waals surface area contributed by atoms with E-state index in [0.29, 0.717) is 12.8 Å². The summed E-state index contributed by atoms with van der Waals surface area (Å²) in [5.74, 6) is -2.33. The molecule has 10 heteroatoms. The van der Waals surface area contributed by atoms with Crippen LogP contribution < -0.4 is 9.46 Å². The van der Waals surface area contributed by atoms with Crippen molar-refractivity contribution in [2.24, 2.45) is 0 Å². The van der Waals surface area contributed by atoms with Gasteiger partial charge in [0.1, 0.15) is 16.7 Å². The number of para-hydroxylation sites is 1. The van der Waals surface area contributed by atoms with Crippen LogP contribution in [0.15, 0.2) is 29.2 Å². The van der Waals surface area contributed by atoms with Gasteiger partial charge in [-0.2, -0.15) is 4.72 Å². The third-order valence-corrected chi connectivity index (χ3v) is 4.32. The molecular weight excluding hydrogens is 339 g/mol. The molecule has 0 aromatic heterocycles. The van der Waals surface area contributed by atoms with Crippen LogP contribution in [0, 0.1) is 0 Å². The fourth-order valence-corrected chi connectivity index (χ4v) is 3.13. The van der Waals surface area contributed by atoms with Crippen molar-refractivity contribution in [3.8, 4) is 5.75 Å². The molecule has 0 bridgehead atoms. The quantitative estimate of drug-likeness (QED) is 0.747. The van der Waals surface area contributed by atoms with Crippen molar-refractivity contribution in [1.82, 2.24) is 4.72 Å². The maximum atomic E-state index is 12.3. The minimum atomic E-state index is -5.07. The van der Waals surface area contributed by atoms with E-state index in [-0.39, 0.29) is 6.42 Å². The van der Waals surface area contributed by atoms with Crippen LogP contribution in [-0.2, 0) is 14.8 Å². The number of carboxylic acids is 1. The third-order valence-electron chi connectivity index (χ3n) is 2.81. The second-order valence-electron chi connectivity index (χ2n) is 4.65. The molecule has 1 rings (SSSR count). The number of hydrogen-bond acceptors (Lipinski definition) is 4. The summed E-state index contributed by atoms with van der Waals surface area (Å²) in [6, 6.07) is 2.69. The smallest absolute Gasteiger partial charge is 0.480 e. The van der Waals surface area contributed by atoms with Gasteiger partial charge in [-0.1, -0.05) is 31.9 Å². The summed E-state index contributed by atoms with van der Waals surface area (Å²) >= 11 is 0. The molecule has 0 aliphatic carbocycles. The molecule has 0 spiro atoms. The van der Waals surface area contributed by atoms with Gasteiger partial charge < -0.3 is 9.84 Å². The zero-order valence-corrected chi connectivity index (χ0v) is 12.9. The van der Waals surface area contributed by atoms with Gasteiger partial charge in [-0.3, -0.25) is 4.79 Å². The first-order chi connectivity index (χ1) is 10.6. The highest BCUT2D eigenvalue weighted by Gasteiger charge is 2.35. The van der Waals surface area contributed by atoms with E-state index in [1.54, 1.807) is 6.92 Å². The van der Waals surface area contributed by atoms with Crippen LogP contribution in [0.25, 0.3) is 0 Å². The lowest BCUT2D eigenvalue weighted by Crippen LogP contribution is -2.40. The number of ether oxygens (including phenoxy) is 1. The van der Waals surface area contributed by atoms with Gasteiger partial charge >= 0.3 is 12.3 Å². The van der Waals surface area contributed by atoms with Crippen LogP contribution in [0.5, 0.6) is 5.75 Å². The van der Waals surface area contributed by atoms with E-state index in [0.717, 1.165) is 12.1 Å². The summed E-state index contributed by atoms with van der Waals surface area (Å²) in [4.78, 5) is 10.3. The number of unbranched alkanes of at least 4 members (excludes halogenated alkanes) is 1. The zero-order valence-electron chi connectivity index (χ0n) is 12.1. The Balaban J connectivity index is 3.10. The second-order valence-corrected chi connectivity index (χ2v) is 6.33. The van der Waals surface area contributed by atoms with E-state index in [9.17, 15) is 26.4 Å². The predicted molar refractivity (Wildman–Crippen MR) is 74.4 cm³/mol. The first-order valence-corrected chi connectivity index (χ1v) is 8.15. The van der Waals surface area contributed by atoms with Gasteiger partial charge in [0.2, 0.25) is 10.0 Å². The summed E-state index contributed by atoms with van der Waals surface area (Å²) in [5.41, 5.74) is 0. The van der Waals surface area contributed by atoms with Crippen LogP contribution in [0.1, 0.15) is 26.2 Å². The molecule has 23 heavy (non-hydrogen) atoms. The number of carboxylic acid groups (broad SMARTS) is 1. The largest absolute Gasteiger partial charge is 0.573 e. The van der Waals surface area contributed by atoms with E-state index < -0.39 is 39.0 Å². The molecule has 2 N–H and O–H groups in total. The number of sulfonamides is 1. The summed E-state index contributed by atoms with van der Waals surface area (Å²) in [7, 11) is -4.49. The van der Waals surface area contributed by atoms with Gasteiger partial charge in [0.25, 0.3) is 0 Å². The first kappa shape index (κ1) is 19.2. The van der Waals surface area contributed by atoms with Crippen LogP contribution in [0.3, 0.4) is 0 Å². The maximum Gasteiger partial charge on any atom is 0.573 e. The van der Waals surface area contributed by atoms with Gasteiger partial charge in [-0.25, -0.2) is 8.42 Å². The highest BCUT2D eigenvalue weighted by atomic mass is 32.2. The molecule has 0 fully saturated rings. The van der Waals surface area contributed by atoms with Crippen LogP contribution in [-0.4, -0.2) is 31.9 Å². The fourth-order valence-electron chi connectivity index (χ4n) is 1.77. The van der Waals surface area contributed by atoms with Crippen LogP contribution >= 0.6 is 0 Å².